The van der Waals surface area contributed by atoms with Crippen molar-refractivity contribution in [1.29, 1.82) is 0 Å². The smallest absolute Gasteiger partial charge is 0.303 e. The molecule has 2 heterocycles. The number of carbonyl (C=O) groups excluding carboxylic acids is 1. The van der Waals surface area contributed by atoms with Gasteiger partial charge in [0.05, 0.1) is 18.4 Å². The summed E-state index contributed by atoms with van der Waals surface area (Å²) in [4.78, 5) is 20.7. The van der Waals surface area contributed by atoms with Crippen molar-refractivity contribution in [2.45, 2.75) is 13.0 Å². The number of amides is 2. The van der Waals surface area contributed by atoms with Crippen LogP contribution in [-0.4, -0.2) is 58.9 Å². The molecule has 0 radical (unpaired) electrons. The first-order valence-electron chi connectivity index (χ1n) is 10.3. The van der Waals surface area contributed by atoms with E-state index in [0.29, 0.717) is 36.8 Å². The van der Waals surface area contributed by atoms with Crippen molar-refractivity contribution in [3.63, 3.8) is 0 Å². The molecule has 0 atom stereocenters. The van der Waals surface area contributed by atoms with Crippen molar-refractivity contribution in [1.82, 2.24) is 19.5 Å². The van der Waals surface area contributed by atoms with E-state index in [1.54, 1.807) is 42.9 Å². The number of urea groups is 1. The Kier molecular flexibility index (Phi) is 6.53. The Morgan fingerprint density at radius 3 is 2.69 bits per heavy atom. The number of nitrogens with zero attached hydrogens (tertiary/aromatic N) is 6. The van der Waals surface area contributed by atoms with Crippen LogP contribution in [0.2, 0.25) is 5.02 Å². The first-order chi connectivity index (χ1) is 15.4. The fourth-order valence-corrected chi connectivity index (χ4v) is 3.68. The number of rotatable bonds is 6. The summed E-state index contributed by atoms with van der Waals surface area (Å²) in [7, 11) is 3.90. The number of imidazole rings is 1. The summed E-state index contributed by atoms with van der Waals surface area (Å²) in [6, 6.07) is 11.6. The molecule has 2 amide bonds. The van der Waals surface area contributed by atoms with Gasteiger partial charge in [-0.1, -0.05) is 23.7 Å². The van der Waals surface area contributed by atoms with E-state index < -0.39 is 5.82 Å². The van der Waals surface area contributed by atoms with Crippen LogP contribution in [-0.2, 0) is 6.54 Å². The van der Waals surface area contributed by atoms with E-state index in [-0.39, 0.29) is 11.7 Å². The first-order valence-corrected chi connectivity index (χ1v) is 10.7. The van der Waals surface area contributed by atoms with Crippen molar-refractivity contribution in [2.75, 3.05) is 32.1 Å². The minimum Gasteiger partial charge on any atom is -0.303 e. The van der Waals surface area contributed by atoms with Crippen LogP contribution in [0.15, 0.2) is 60.0 Å². The van der Waals surface area contributed by atoms with Crippen LogP contribution in [0.25, 0.3) is 5.69 Å². The third kappa shape index (κ3) is 4.81. The number of hydrogen-bond acceptors (Lipinski definition) is 4. The molecule has 3 aromatic rings. The zero-order valence-electron chi connectivity index (χ0n) is 17.9. The maximum absolute atomic E-state index is 15.1. The largest absolute Gasteiger partial charge is 0.344 e. The summed E-state index contributed by atoms with van der Waals surface area (Å²) in [6.45, 7) is 1.53. The third-order valence-corrected chi connectivity index (χ3v) is 5.35. The van der Waals surface area contributed by atoms with Gasteiger partial charge < -0.3 is 9.47 Å². The molecule has 1 aromatic heterocycles. The summed E-state index contributed by atoms with van der Waals surface area (Å²) >= 11 is 5.90. The molecule has 32 heavy (non-hydrogen) atoms. The lowest BCUT2D eigenvalue weighted by molar-refractivity contribution is 0.198. The number of anilines is 1. The summed E-state index contributed by atoms with van der Waals surface area (Å²) in [5.74, 6) is 0.336. The molecule has 0 unspecified atom stereocenters. The highest BCUT2D eigenvalue weighted by atomic mass is 35.5. The maximum atomic E-state index is 15.1. The minimum absolute atomic E-state index is 0.236. The van der Waals surface area contributed by atoms with Gasteiger partial charge in [0.25, 0.3) is 0 Å². The van der Waals surface area contributed by atoms with E-state index in [9.17, 15) is 4.79 Å². The number of halogens is 2. The highest BCUT2D eigenvalue weighted by molar-refractivity contribution is 6.30. The van der Waals surface area contributed by atoms with Gasteiger partial charge in [0.2, 0.25) is 0 Å². The van der Waals surface area contributed by atoms with Crippen LogP contribution < -0.4 is 4.90 Å². The SMILES string of the molecule is CN(C)Cc1nccn1-c1ccc(N2CCCN(/N=C/c3ccc(Cl)cc3)C2=O)c(F)c1. The second-order valence-electron chi connectivity index (χ2n) is 7.79. The lowest BCUT2D eigenvalue weighted by Gasteiger charge is -2.32. The molecular formula is C23H24ClFN6O. The highest BCUT2D eigenvalue weighted by Crippen LogP contribution is 2.26. The molecule has 0 bridgehead atoms. The predicted molar refractivity (Wildman–Crippen MR) is 124 cm³/mol. The van der Waals surface area contributed by atoms with Crippen molar-refractivity contribution < 1.29 is 9.18 Å². The molecule has 2 aromatic carbocycles. The summed E-state index contributed by atoms with van der Waals surface area (Å²) in [6.07, 6.45) is 5.77. The van der Waals surface area contributed by atoms with Crippen LogP contribution in [0, 0.1) is 5.82 Å². The number of hydrogen-bond donors (Lipinski definition) is 0. The molecule has 0 N–H and O–H groups in total. The minimum atomic E-state index is -0.469. The quantitative estimate of drug-likeness (QED) is 0.519. The Bertz CT molecular complexity index is 1130. The van der Waals surface area contributed by atoms with Gasteiger partial charge in [0.1, 0.15) is 11.6 Å². The molecule has 4 rings (SSSR count). The molecule has 1 aliphatic heterocycles. The zero-order chi connectivity index (χ0) is 22.7. The van der Waals surface area contributed by atoms with Crippen molar-refractivity contribution in [3.8, 4) is 5.69 Å². The van der Waals surface area contributed by atoms with E-state index >= 15 is 4.39 Å². The van der Waals surface area contributed by atoms with E-state index in [2.05, 4.69) is 10.1 Å². The standard InChI is InChI=1S/C23H24ClFN6O/c1-28(2)16-22-26-10-13-29(22)19-8-9-21(20(25)14-19)30-11-3-12-31(23(30)32)27-15-17-4-6-18(24)7-5-17/h4-10,13-15H,3,11-12,16H2,1-2H3/b27-15+. The van der Waals surface area contributed by atoms with Crippen LogP contribution >= 0.6 is 11.6 Å². The fourth-order valence-electron chi connectivity index (χ4n) is 3.56. The fraction of sp³-hybridized carbons (Fsp3) is 0.261. The molecule has 0 saturated carbocycles. The predicted octanol–water partition coefficient (Wildman–Crippen LogP) is 4.39. The zero-order valence-corrected chi connectivity index (χ0v) is 18.7. The highest BCUT2D eigenvalue weighted by Gasteiger charge is 2.28. The Hall–Kier alpha value is -3.23. The number of aromatic nitrogens is 2. The monoisotopic (exact) mass is 454 g/mol. The lowest BCUT2D eigenvalue weighted by atomic mass is 10.2. The van der Waals surface area contributed by atoms with E-state index in [4.69, 9.17) is 11.6 Å². The van der Waals surface area contributed by atoms with E-state index in [0.717, 1.165) is 11.4 Å². The van der Waals surface area contributed by atoms with E-state index in [1.807, 2.05) is 35.7 Å². The molecule has 166 valence electrons. The number of benzene rings is 2. The van der Waals surface area contributed by atoms with Crippen LogP contribution in [0.4, 0.5) is 14.9 Å². The van der Waals surface area contributed by atoms with Gasteiger partial charge in [-0.15, -0.1) is 0 Å². The van der Waals surface area contributed by atoms with Crippen molar-refractivity contribution in [2.24, 2.45) is 5.10 Å². The summed E-state index contributed by atoms with van der Waals surface area (Å²) in [5.41, 5.74) is 1.71. The second kappa shape index (κ2) is 9.50. The Labute approximate surface area is 191 Å². The third-order valence-electron chi connectivity index (χ3n) is 5.09. The van der Waals surface area contributed by atoms with Gasteiger partial charge in [-0.3, -0.25) is 4.90 Å². The molecule has 1 aliphatic rings. The van der Waals surface area contributed by atoms with Gasteiger partial charge in [-0.2, -0.15) is 5.10 Å². The number of hydrazone groups is 1. The van der Waals surface area contributed by atoms with Crippen molar-refractivity contribution in [3.05, 3.63) is 77.1 Å². The Morgan fingerprint density at radius 2 is 1.97 bits per heavy atom. The number of carbonyl (C=O) groups is 1. The maximum Gasteiger partial charge on any atom is 0.344 e. The molecule has 7 nitrogen and oxygen atoms in total. The lowest BCUT2D eigenvalue weighted by Crippen LogP contribution is -2.47. The molecule has 0 spiro atoms. The average Bonchev–Trinajstić information content (AvgIpc) is 3.22. The molecule has 1 saturated heterocycles. The van der Waals surface area contributed by atoms with Gasteiger partial charge in [0.15, 0.2) is 0 Å². The molecule has 1 fully saturated rings. The van der Waals surface area contributed by atoms with Gasteiger partial charge in [-0.25, -0.2) is 19.2 Å². The first kappa shape index (κ1) is 22.0. The van der Waals surface area contributed by atoms with Gasteiger partial charge in [0, 0.05) is 42.3 Å². The normalized spacial score (nSPS) is 14.7. The van der Waals surface area contributed by atoms with Crippen molar-refractivity contribution >= 4 is 29.5 Å². The molecular weight excluding hydrogens is 431 g/mol. The second-order valence-corrected chi connectivity index (χ2v) is 8.23. The summed E-state index contributed by atoms with van der Waals surface area (Å²) < 4.78 is 16.9. The molecule has 0 aliphatic carbocycles. The van der Waals surface area contributed by atoms with Gasteiger partial charge >= 0.3 is 6.03 Å². The molecule has 9 heteroatoms. The van der Waals surface area contributed by atoms with Crippen LogP contribution in [0.5, 0.6) is 0 Å². The summed E-state index contributed by atoms with van der Waals surface area (Å²) in [5, 5.41) is 6.29. The topological polar surface area (TPSA) is 57.0 Å². The average molecular weight is 455 g/mol. The van der Waals surface area contributed by atoms with E-state index in [1.165, 1.54) is 16.0 Å². The van der Waals surface area contributed by atoms with Gasteiger partial charge in [-0.05, 0) is 50.3 Å². The van der Waals surface area contributed by atoms with Crippen LogP contribution in [0.3, 0.4) is 0 Å². The van der Waals surface area contributed by atoms with Crippen LogP contribution in [0.1, 0.15) is 17.8 Å². The Morgan fingerprint density at radius 1 is 1.19 bits per heavy atom. The Balaban J connectivity index is 1.53.